The van der Waals surface area contributed by atoms with Crippen LogP contribution >= 0.6 is 0 Å². The van der Waals surface area contributed by atoms with Crippen molar-refractivity contribution in [1.82, 2.24) is 9.88 Å². The third-order valence-electron chi connectivity index (χ3n) is 6.80. The lowest BCUT2D eigenvalue weighted by atomic mass is 9.98. The van der Waals surface area contributed by atoms with Gasteiger partial charge in [-0.2, -0.15) is 0 Å². The number of primary amides is 1. The second-order valence-corrected chi connectivity index (χ2v) is 8.88. The third-order valence-corrected chi connectivity index (χ3v) is 6.80. The van der Waals surface area contributed by atoms with Crippen molar-refractivity contribution < 1.29 is 23.8 Å². The molecule has 0 bridgehead atoms. The van der Waals surface area contributed by atoms with Crippen LogP contribution in [0.2, 0.25) is 0 Å². The van der Waals surface area contributed by atoms with Crippen LogP contribution in [0.4, 0.5) is 4.39 Å². The molecular weight excluding hydrogens is 449 g/mol. The molecule has 1 saturated heterocycles. The first-order valence-corrected chi connectivity index (χ1v) is 11.6. The number of halogens is 1. The summed E-state index contributed by atoms with van der Waals surface area (Å²) in [6, 6.07) is 13.3. The number of nitrogens with two attached hydrogens (primary N) is 1. The van der Waals surface area contributed by atoms with E-state index in [1.807, 2.05) is 12.1 Å². The van der Waals surface area contributed by atoms with Crippen molar-refractivity contribution >= 4 is 33.6 Å². The van der Waals surface area contributed by atoms with Gasteiger partial charge in [0.25, 0.3) is 11.8 Å². The SMILES string of the molecule is COc1ccc(-c2cc(C(N)=O)c3[nH]c4cc(C(=O)N5CCCCC5CO)ccc4c3c2)cc1F. The summed E-state index contributed by atoms with van der Waals surface area (Å²) < 4.78 is 19.4. The molecule has 0 aliphatic carbocycles. The summed E-state index contributed by atoms with van der Waals surface area (Å²) in [5.74, 6) is -1.13. The molecule has 4 aromatic rings. The monoisotopic (exact) mass is 475 g/mol. The maximum Gasteiger partial charge on any atom is 0.254 e. The van der Waals surface area contributed by atoms with E-state index in [0.29, 0.717) is 34.3 Å². The largest absolute Gasteiger partial charge is 0.494 e. The molecule has 7 nitrogen and oxygen atoms in total. The maximum absolute atomic E-state index is 14.4. The molecule has 1 aliphatic rings. The molecule has 180 valence electrons. The second-order valence-electron chi connectivity index (χ2n) is 8.88. The fourth-order valence-electron chi connectivity index (χ4n) is 4.97. The molecule has 0 saturated carbocycles. The van der Waals surface area contributed by atoms with Gasteiger partial charge in [0.15, 0.2) is 11.6 Å². The molecule has 1 fully saturated rings. The number of hydrogen-bond acceptors (Lipinski definition) is 4. The molecule has 1 atom stereocenters. The molecule has 8 heteroatoms. The Morgan fingerprint density at radius 3 is 2.66 bits per heavy atom. The van der Waals surface area contributed by atoms with Crippen LogP contribution in [0.3, 0.4) is 0 Å². The van der Waals surface area contributed by atoms with E-state index < -0.39 is 11.7 Å². The van der Waals surface area contributed by atoms with E-state index in [0.717, 1.165) is 30.0 Å². The smallest absolute Gasteiger partial charge is 0.254 e. The van der Waals surface area contributed by atoms with Crippen LogP contribution < -0.4 is 10.5 Å². The van der Waals surface area contributed by atoms with Crippen molar-refractivity contribution in [1.29, 1.82) is 0 Å². The number of likely N-dealkylation sites (tertiary alicyclic amines) is 1. The minimum Gasteiger partial charge on any atom is -0.494 e. The molecule has 0 spiro atoms. The summed E-state index contributed by atoms with van der Waals surface area (Å²) in [5, 5.41) is 11.3. The Bertz CT molecular complexity index is 1460. The van der Waals surface area contributed by atoms with Crippen LogP contribution in [0, 0.1) is 5.82 Å². The number of nitrogens with one attached hydrogen (secondary N) is 1. The Morgan fingerprint density at radius 2 is 1.94 bits per heavy atom. The number of carbonyl (C=O) groups is 2. The highest BCUT2D eigenvalue weighted by atomic mass is 19.1. The van der Waals surface area contributed by atoms with Crippen LogP contribution in [0.15, 0.2) is 48.5 Å². The van der Waals surface area contributed by atoms with Crippen LogP contribution in [0.25, 0.3) is 32.9 Å². The summed E-state index contributed by atoms with van der Waals surface area (Å²) in [4.78, 5) is 30.5. The molecule has 35 heavy (non-hydrogen) atoms. The van der Waals surface area contributed by atoms with E-state index >= 15 is 0 Å². The van der Waals surface area contributed by atoms with E-state index in [1.165, 1.54) is 19.2 Å². The maximum atomic E-state index is 14.4. The zero-order valence-corrected chi connectivity index (χ0v) is 19.3. The highest BCUT2D eigenvalue weighted by Gasteiger charge is 2.27. The summed E-state index contributed by atoms with van der Waals surface area (Å²) >= 11 is 0. The Kier molecular flexibility index (Phi) is 5.90. The number of ether oxygens (including phenoxy) is 1. The number of benzene rings is 3. The van der Waals surface area contributed by atoms with Crippen molar-refractivity contribution in [2.75, 3.05) is 20.3 Å². The number of carbonyl (C=O) groups excluding carboxylic acids is 2. The molecule has 5 rings (SSSR count). The van der Waals surface area contributed by atoms with Gasteiger partial charge in [0.05, 0.1) is 30.8 Å². The summed E-state index contributed by atoms with van der Waals surface area (Å²) in [6.07, 6.45) is 2.69. The van der Waals surface area contributed by atoms with Gasteiger partial charge in [-0.25, -0.2) is 4.39 Å². The molecule has 1 unspecified atom stereocenters. The van der Waals surface area contributed by atoms with Gasteiger partial charge in [0.1, 0.15) is 0 Å². The van der Waals surface area contributed by atoms with E-state index in [4.69, 9.17) is 10.5 Å². The number of rotatable bonds is 5. The Balaban J connectivity index is 1.62. The van der Waals surface area contributed by atoms with Crippen molar-refractivity contribution in [2.24, 2.45) is 5.73 Å². The molecule has 2 heterocycles. The average molecular weight is 476 g/mol. The third kappa shape index (κ3) is 4.00. The van der Waals surface area contributed by atoms with E-state index in [2.05, 4.69) is 4.98 Å². The zero-order chi connectivity index (χ0) is 24.7. The Hall–Kier alpha value is -3.91. The van der Waals surface area contributed by atoms with Gasteiger partial charge in [-0.05, 0) is 66.8 Å². The van der Waals surface area contributed by atoms with Crippen LogP contribution in [-0.4, -0.2) is 53.1 Å². The first kappa shape index (κ1) is 22.9. The summed E-state index contributed by atoms with van der Waals surface area (Å²) in [5.41, 5.74) is 8.92. The molecule has 4 N–H and O–H groups in total. The number of methoxy groups -OCH3 is 1. The van der Waals surface area contributed by atoms with Gasteiger partial charge in [-0.1, -0.05) is 12.1 Å². The standard InChI is InChI=1S/C27H26FN3O4/c1-35-24-8-6-15(12-22(24)28)17-10-20-19-7-5-16(27(34)31-9-3-2-4-18(31)14-32)13-23(19)30-25(20)21(11-17)26(29)33/h5-8,10-13,18,30,32H,2-4,9,14H2,1H3,(H2,29,33). The number of nitrogens with zero attached hydrogens (tertiary/aromatic N) is 1. The minimum atomic E-state index is -0.618. The lowest BCUT2D eigenvalue weighted by molar-refractivity contribution is 0.0503. The molecule has 2 amide bonds. The molecular formula is C27H26FN3O4. The number of aromatic amines is 1. The highest BCUT2D eigenvalue weighted by Crippen LogP contribution is 2.34. The second kappa shape index (κ2) is 9.03. The number of H-pyrrole nitrogens is 1. The lowest BCUT2D eigenvalue weighted by Crippen LogP contribution is -2.45. The average Bonchev–Trinajstić information content (AvgIpc) is 3.25. The minimum absolute atomic E-state index is 0.0585. The van der Waals surface area contributed by atoms with Gasteiger partial charge in [0, 0.05) is 28.4 Å². The quantitative estimate of drug-likeness (QED) is 0.402. The number of hydrogen-bond donors (Lipinski definition) is 3. The van der Waals surface area contributed by atoms with Crippen molar-refractivity contribution in [2.45, 2.75) is 25.3 Å². The fraction of sp³-hybridized carbons (Fsp3) is 0.259. The predicted molar refractivity (Wildman–Crippen MR) is 132 cm³/mol. The summed E-state index contributed by atoms with van der Waals surface area (Å²) in [7, 11) is 1.40. The van der Waals surface area contributed by atoms with Gasteiger partial charge >= 0.3 is 0 Å². The molecule has 1 aliphatic heterocycles. The predicted octanol–water partition coefficient (Wildman–Crippen LogP) is 4.22. The normalized spacial score (nSPS) is 16.1. The Morgan fingerprint density at radius 1 is 1.11 bits per heavy atom. The molecule has 3 aromatic carbocycles. The first-order chi connectivity index (χ1) is 16.9. The van der Waals surface area contributed by atoms with Crippen molar-refractivity contribution in [3.63, 3.8) is 0 Å². The van der Waals surface area contributed by atoms with E-state index in [1.54, 1.807) is 29.2 Å². The fourth-order valence-corrected chi connectivity index (χ4v) is 4.97. The van der Waals surface area contributed by atoms with Crippen LogP contribution in [0.1, 0.15) is 40.0 Å². The van der Waals surface area contributed by atoms with Gasteiger partial charge in [-0.15, -0.1) is 0 Å². The number of fused-ring (bicyclic) bond motifs is 3. The topological polar surface area (TPSA) is 109 Å². The first-order valence-electron chi connectivity index (χ1n) is 11.6. The van der Waals surface area contributed by atoms with E-state index in [-0.39, 0.29) is 29.9 Å². The number of amides is 2. The van der Waals surface area contributed by atoms with Gasteiger partial charge < -0.3 is 25.5 Å². The molecule has 1 aromatic heterocycles. The van der Waals surface area contributed by atoms with Crippen LogP contribution in [-0.2, 0) is 0 Å². The number of aromatic nitrogens is 1. The van der Waals surface area contributed by atoms with Gasteiger partial charge in [0.2, 0.25) is 0 Å². The van der Waals surface area contributed by atoms with Crippen molar-refractivity contribution in [3.8, 4) is 16.9 Å². The number of piperidine rings is 1. The summed E-state index contributed by atoms with van der Waals surface area (Å²) in [6.45, 7) is 0.555. The van der Waals surface area contributed by atoms with E-state index in [9.17, 15) is 19.1 Å². The number of aliphatic hydroxyl groups is 1. The lowest BCUT2D eigenvalue weighted by Gasteiger charge is -2.34. The van der Waals surface area contributed by atoms with Gasteiger partial charge in [-0.3, -0.25) is 9.59 Å². The number of aliphatic hydroxyl groups excluding tert-OH is 1. The Labute approximate surface area is 201 Å². The van der Waals surface area contributed by atoms with Crippen molar-refractivity contribution in [3.05, 3.63) is 65.5 Å². The molecule has 0 radical (unpaired) electrons. The van der Waals surface area contributed by atoms with Crippen LogP contribution in [0.5, 0.6) is 5.75 Å². The highest BCUT2D eigenvalue weighted by molar-refractivity contribution is 6.17. The zero-order valence-electron chi connectivity index (χ0n) is 19.3.